The van der Waals surface area contributed by atoms with Crippen molar-refractivity contribution in [3.8, 4) is 0 Å². The molecule has 1 aliphatic heterocycles. The van der Waals surface area contributed by atoms with Gasteiger partial charge in [-0.1, -0.05) is 0 Å². The van der Waals surface area contributed by atoms with E-state index in [1.807, 2.05) is 0 Å². The predicted octanol–water partition coefficient (Wildman–Crippen LogP) is 1.41. The second kappa shape index (κ2) is 2.23. The molecule has 62 valence electrons. The number of rotatable bonds is 1. The molecular weight excluding hydrogens is 138 g/mol. The molecule has 2 rings (SSSR count). The van der Waals surface area contributed by atoms with Crippen LogP contribution in [0.15, 0.2) is 0 Å². The molecule has 2 atom stereocenters. The van der Waals surface area contributed by atoms with Crippen LogP contribution in [0.5, 0.6) is 0 Å². The molecule has 0 radical (unpaired) electrons. The Kier molecular flexibility index (Phi) is 1.44. The van der Waals surface area contributed by atoms with Crippen LogP contribution in [0.2, 0.25) is 0 Å². The zero-order valence-corrected chi connectivity index (χ0v) is 7.21. The SMILES string of the molecule is CC1CC(C)N1C(=O)C1CC1. The average Bonchev–Trinajstić information content (AvgIpc) is 2.67. The van der Waals surface area contributed by atoms with Gasteiger partial charge < -0.3 is 4.90 Å². The van der Waals surface area contributed by atoms with E-state index in [0.717, 1.165) is 12.8 Å². The largest absolute Gasteiger partial charge is 0.337 e. The summed E-state index contributed by atoms with van der Waals surface area (Å²) in [6, 6.07) is 1.02. The maximum Gasteiger partial charge on any atom is 0.226 e. The number of hydrogen-bond acceptors (Lipinski definition) is 1. The van der Waals surface area contributed by atoms with Crippen molar-refractivity contribution in [1.29, 1.82) is 0 Å². The quantitative estimate of drug-likeness (QED) is 0.557. The molecule has 0 aromatic carbocycles. The predicted molar refractivity (Wildman–Crippen MR) is 43.1 cm³/mol. The standard InChI is InChI=1S/C9H15NO/c1-6-5-7(2)10(6)9(11)8-3-4-8/h6-8H,3-5H2,1-2H3. The molecule has 0 N–H and O–H groups in total. The molecular formula is C9H15NO. The third-order valence-electron chi connectivity index (χ3n) is 2.81. The Balaban J connectivity index is 1.97. The number of hydrogen-bond donors (Lipinski definition) is 0. The molecule has 1 saturated carbocycles. The third-order valence-corrected chi connectivity index (χ3v) is 2.81. The van der Waals surface area contributed by atoms with Crippen molar-refractivity contribution >= 4 is 5.91 Å². The summed E-state index contributed by atoms with van der Waals surface area (Å²) in [7, 11) is 0. The van der Waals surface area contributed by atoms with Crippen molar-refractivity contribution in [3.63, 3.8) is 0 Å². The van der Waals surface area contributed by atoms with E-state index in [1.54, 1.807) is 0 Å². The molecule has 0 spiro atoms. The van der Waals surface area contributed by atoms with Gasteiger partial charge in [0.05, 0.1) is 0 Å². The Morgan fingerprint density at radius 2 is 1.82 bits per heavy atom. The summed E-state index contributed by atoms with van der Waals surface area (Å²) < 4.78 is 0. The molecule has 1 heterocycles. The highest BCUT2D eigenvalue weighted by atomic mass is 16.2. The van der Waals surface area contributed by atoms with Crippen molar-refractivity contribution < 1.29 is 4.79 Å². The minimum Gasteiger partial charge on any atom is -0.337 e. The topological polar surface area (TPSA) is 20.3 Å². The molecule has 2 nitrogen and oxygen atoms in total. The van der Waals surface area contributed by atoms with Crippen LogP contribution in [0.1, 0.15) is 33.1 Å². The van der Waals surface area contributed by atoms with Gasteiger partial charge in [0.1, 0.15) is 0 Å². The molecule has 1 aliphatic carbocycles. The average molecular weight is 153 g/mol. The van der Waals surface area contributed by atoms with Crippen LogP contribution in [0.25, 0.3) is 0 Å². The summed E-state index contributed by atoms with van der Waals surface area (Å²) in [6.07, 6.45) is 3.46. The van der Waals surface area contributed by atoms with Crippen LogP contribution in [0, 0.1) is 5.92 Å². The van der Waals surface area contributed by atoms with Gasteiger partial charge in [-0.15, -0.1) is 0 Å². The lowest BCUT2D eigenvalue weighted by atomic mass is 9.95. The Bertz CT molecular complexity index is 178. The first-order chi connectivity index (χ1) is 5.20. The van der Waals surface area contributed by atoms with E-state index < -0.39 is 0 Å². The maximum absolute atomic E-state index is 11.5. The minimum atomic E-state index is 0.403. The second-order valence-electron chi connectivity index (χ2n) is 3.95. The fraction of sp³-hybridized carbons (Fsp3) is 0.889. The molecule has 2 unspecified atom stereocenters. The van der Waals surface area contributed by atoms with E-state index in [-0.39, 0.29) is 0 Å². The van der Waals surface area contributed by atoms with E-state index in [2.05, 4.69) is 18.7 Å². The smallest absolute Gasteiger partial charge is 0.226 e. The van der Waals surface area contributed by atoms with Crippen LogP contribution in [-0.2, 0) is 4.79 Å². The third kappa shape index (κ3) is 1.05. The van der Waals surface area contributed by atoms with Crippen LogP contribution in [0.3, 0.4) is 0 Å². The van der Waals surface area contributed by atoms with Gasteiger partial charge >= 0.3 is 0 Å². The molecule has 0 bridgehead atoms. The highest BCUT2D eigenvalue weighted by molar-refractivity contribution is 5.82. The highest BCUT2D eigenvalue weighted by Crippen LogP contribution is 2.36. The summed E-state index contributed by atoms with van der Waals surface area (Å²) in [5, 5.41) is 0. The van der Waals surface area contributed by atoms with E-state index in [0.29, 0.717) is 23.9 Å². The number of carbonyl (C=O) groups is 1. The van der Waals surface area contributed by atoms with Crippen LogP contribution < -0.4 is 0 Å². The number of carbonyl (C=O) groups excluding carboxylic acids is 1. The molecule has 2 fully saturated rings. The Morgan fingerprint density at radius 1 is 1.27 bits per heavy atom. The fourth-order valence-electron chi connectivity index (χ4n) is 1.99. The Labute approximate surface area is 67.6 Å². The molecule has 0 aromatic heterocycles. The summed E-state index contributed by atoms with van der Waals surface area (Å²) in [5.74, 6) is 0.816. The van der Waals surface area contributed by atoms with Gasteiger partial charge in [0.2, 0.25) is 5.91 Å². The lowest BCUT2D eigenvalue weighted by Gasteiger charge is -2.45. The van der Waals surface area contributed by atoms with E-state index in [4.69, 9.17) is 0 Å². The Hall–Kier alpha value is -0.530. The van der Waals surface area contributed by atoms with E-state index in [1.165, 1.54) is 6.42 Å². The molecule has 11 heavy (non-hydrogen) atoms. The second-order valence-corrected chi connectivity index (χ2v) is 3.95. The van der Waals surface area contributed by atoms with Gasteiger partial charge in [0.25, 0.3) is 0 Å². The number of likely N-dealkylation sites (tertiary alicyclic amines) is 1. The van der Waals surface area contributed by atoms with Crippen molar-refractivity contribution in [2.75, 3.05) is 0 Å². The first kappa shape index (κ1) is 7.14. The van der Waals surface area contributed by atoms with Gasteiger partial charge in [0.15, 0.2) is 0 Å². The molecule has 2 heteroatoms. The summed E-state index contributed by atoms with van der Waals surface area (Å²) in [6.45, 7) is 4.28. The first-order valence-corrected chi connectivity index (χ1v) is 4.52. The summed E-state index contributed by atoms with van der Waals surface area (Å²) >= 11 is 0. The highest BCUT2D eigenvalue weighted by Gasteiger charge is 2.42. The van der Waals surface area contributed by atoms with Crippen LogP contribution >= 0.6 is 0 Å². The molecule has 0 aromatic rings. The van der Waals surface area contributed by atoms with Crippen molar-refractivity contribution in [1.82, 2.24) is 4.90 Å². The Morgan fingerprint density at radius 3 is 2.18 bits per heavy atom. The lowest BCUT2D eigenvalue weighted by Crippen LogP contribution is -2.56. The van der Waals surface area contributed by atoms with Gasteiger partial charge in [-0.25, -0.2) is 0 Å². The number of amides is 1. The van der Waals surface area contributed by atoms with Gasteiger partial charge in [0, 0.05) is 18.0 Å². The van der Waals surface area contributed by atoms with E-state index in [9.17, 15) is 4.79 Å². The van der Waals surface area contributed by atoms with Gasteiger partial charge in [-0.2, -0.15) is 0 Å². The fourth-order valence-corrected chi connectivity index (χ4v) is 1.99. The normalized spacial score (nSPS) is 36.7. The zero-order chi connectivity index (χ0) is 8.01. The molecule has 1 saturated heterocycles. The van der Waals surface area contributed by atoms with E-state index >= 15 is 0 Å². The number of nitrogens with zero attached hydrogens (tertiary/aromatic N) is 1. The van der Waals surface area contributed by atoms with Crippen molar-refractivity contribution in [3.05, 3.63) is 0 Å². The minimum absolute atomic E-state index is 0.403. The van der Waals surface area contributed by atoms with Crippen molar-refractivity contribution in [2.24, 2.45) is 5.92 Å². The molecule has 2 aliphatic rings. The van der Waals surface area contributed by atoms with Gasteiger partial charge in [-0.05, 0) is 33.1 Å². The summed E-state index contributed by atoms with van der Waals surface area (Å²) in [4.78, 5) is 13.6. The summed E-state index contributed by atoms with van der Waals surface area (Å²) in [5.41, 5.74) is 0. The molecule has 1 amide bonds. The van der Waals surface area contributed by atoms with Crippen LogP contribution in [0.4, 0.5) is 0 Å². The first-order valence-electron chi connectivity index (χ1n) is 4.52. The lowest BCUT2D eigenvalue weighted by molar-refractivity contribution is -0.144. The zero-order valence-electron chi connectivity index (χ0n) is 7.21. The van der Waals surface area contributed by atoms with Gasteiger partial charge in [-0.3, -0.25) is 4.79 Å². The maximum atomic E-state index is 11.5. The van der Waals surface area contributed by atoms with Crippen molar-refractivity contribution in [2.45, 2.75) is 45.2 Å². The monoisotopic (exact) mass is 153 g/mol. The van der Waals surface area contributed by atoms with Crippen LogP contribution in [-0.4, -0.2) is 22.9 Å².